The summed E-state index contributed by atoms with van der Waals surface area (Å²) in [4.78, 5) is 25.9. The van der Waals surface area contributed by atoms with Gasteiger partial charge in [-0.05, 0) is 54.8 Å². The second-order valence-electron chi connectivity index (χ2n) is 7.56. The molecule has 2 heterocycles. The molecule has 3 aromatic rings. The van der Waals surface area contributed by atoms with E-state index in [0.29, 0.717) is 39.1 Å². The van der Waals surface area contributed by atoms with Crippen molar-refractivity contribution in [1.29, 1.82) is 0 Å². The first-order valence-corrected chi connectivity index (χ1v) is 10.7. The number of halogens is 2. The van der Waals surface area contributed by atoms with Gasteiger partial charge in [0.05, 0.1) is 6.20 Å². The van der Waals surface area contributed by atoms with Crippen LogP contribution in [-0.4, -0.2) is 21.5 Å². The second-order valence-corrected chi connectivity index (χ2v) is 8.44. The van der Waals surface area contributed by atoms with E-state index in [4.69, 9.17) is 23.2 Å². The van der Waals surface area contributed by atoms with E-state index in [1.807, 2.05) is 18.2 Å². The molecule has 0 radical (unpaired) electrons. The van der Waals surface area contributed by atoms with Crippen molar-refractivity contribution in [1.82, 2.24) is 9.78 Å². The Morgan fingerprint density at radius 2 is 1.90 bits per heavy atom. The van der Waals surface area contributed by atoms with Crippen LogP contribution in [0.5, 0.6) is 0 Å². The number of nitrogens with one attached hydrogen (secondary N) is 2. The summed E-state index contributed by atoms with van der Waals surface area (Å²) in [6.45, 7) is 0. The monoisotopic (exact) mass is 452 g/mol. The van der Waals surface area contributed by atoms with Crippen molar-refractivity contribution in [3.63, 3.8) is 0 Å². The number of amides is 1. The third kappa shape index (κ3) is 3.62. The first-order valence-electron chi connectivity index (χ1n) is 9.94. The fourth-order valence-corrected chi connectivity index (χ4v) is 4.47. The smallest absolute Gasteiger partial charge is 0.261 e. The molecule has 0 unspecified atom stereocenters. The lowest BCUT2D eigenvalue weighted by molar-refractivity contribution is -0.116. The van der Waals surface area contributed by atoms with Gasteiger partial charge in [0.15, 0.2) is 5.78 Å². The Balaban J connectivity index is 1.57. The zero-order valence-electron chi connectivity index (χ0n) is 16.4. The Morgan fingerprint density at radius 1 is 1.10 bits per heavy atom. The Kier molecular flexibility index (Phi) is 5.04. The molecule has 5 rings (SSSR count). The lowest BCUT2D eigenvalue weighted by Gasteiger charge is -2.33. The summed E-state index contributed by atoms with van der Waals surface area (Å²) in [5.41, 5.74) is 3.41. The number of rotatable bonds is 3. The molecule has 31 heavy (non-hydrogen) atoms. The molecule has 8 heteroatoms. The third-order valence-corrected chi connectivity index (χ3v) is 6.04. The number of allylic oxidation sites excluding steroid dienone is 2. The van der Waals surface area contributed by atoms with Crippen LogP contribution in [0, 0.1) is 0 Å². The third-order valence-electron chi connectivity index (χ3n) is 5.55. The van der Waals surface area contributed by atoms with E-state index in [1.165, 1.54) is 6.20 Å². The average Bonchev–Trinajstić information content (AvgIpc) is 3.18. The molecule has 1 aromatic heterocycles. The SMILES string of the molecule is O=C1CCCC2=C1[C@@H](c1cccc(Cl)c1)n1ncc(C(=O)Nc3ccc(Cl)cc3)c1N2. The first-order chi connectivity index (χ1) is 15.0. The number of benzene rings is 2. The minimum atomic E-state index is -0.435. The Bertz CT molecular complexity index is 1230. The van der Waals surface area contributed by atoms with Crippen LogP contribution in [0.3, 0.4) is 0 Å². The molecule has 2 aliphatic rings. The zero-order valence-corrected chi connectivity index (χ0v) is 17.9. The average molecular weight is 453 g/mol. The Hall–Kier alpha value is -3.09. The highest BCUT2D eigenvalue weighted by Gasteiger charge is 2.37. The van der Waals surface area contributed by atoms with Gasteiger partial charge in [-0.1, -0.05) is 35.3 Å². The van der Waals surface area contributed by atoms with Crippen molar-refractivity contribution in [3.8, 4) is 0 Å². The minimum Gasteiger partial charge on any atom is -0.343 e. The molecule has 1 aliphatic heterocycles. The van der Waals surface area contributed by atoms with Gasteiger partial charge in [-0.2, -0.15) is 5.10 Å². The number of hydrogen-bond donors (Lipinski definition) is 2. The van der Waals surface area contributed by atoms with Gasteiger partial charge in [0.25, 0.3) is 5.91 Å². The highest BCUT2D eigenvalue weighted by atomic mass is 35.5. The van der Waals surface area contributed by atoms with Crippen LogP contribution in [0.2, 0.25) is 10.0 Å². The van der Waals surface area contributed by atoms with Crippen LogP contribution < -0.4 is 10.6 Å². The van der Waals surface area contributed by atoms with Crippen LogP contribution >= 0.6 is 23.2 Å². The molecule has 156 valence electrons. The molecule has 0 spiro atoms. The number of anilines is 2. The molecular formula is C23H18Cl2N4O2. The quantitative estimate of drug-likeness (QED) is 0.552. The molecule has 2 aromatic carbocycles. The van der Waals surface area contributed by atoms with Gasteiger partial charge >= 0.3 is 0 Å². The van der Waals surface area contributed by atoms with Crippen molar-refractivity contribution >= 4 is 46.4 Å². The number of carbonyl (C=O) groups excluding carboxylic acids is 2. The summed E-state index contributed by atoms with van der Waals surface area (Å²) < 4.78 is 1.70. The van der Waals surface area contributed by atoms with Crippen molar-refractivity contribution in [2.45, 2.75) is 25.3 Å². The molecule has 0 fully saturated rings. The molecular weight excluding hydrogens is 435 g/mol. The summed E-state index contributed by atoms with van der Waals surface area (Å²) in [5.74, 6) is 0.351. The molecule has 6 nitrogen and oxygen atoms in total. The number of ketones is 1. The predicted octanol–water partition coefficient (Wildman–Crippen LogP) is 5.46. The zero-order chi connectivity index (χ0) is 21.5. The van der Waals surface area contributed by atoms with Crippen LogP contribution in [-0.2, 0) is 4.79 Å². The van der Waals surface area contributed by atoms with Crippen molar-refractivity contribution in [2.75, 3.05) is 10.6 Å². The van der Waals surface area contributed by atoms with Gasteiger partial charge in [-0.3, -0.25) is 9.59 Å². The van der Waals surface area contributed by atoms with E-state index >= 15 is 0 Å². The maximum absolute atomic E-state index is 13.0. The maximum Gasteiger partial charge on any atom is 0.261 e. The predicted molar refractivity (Wildman–Crippen MR) is 121 cm³/mol. The van der Waals surface area contributed by atoms with Gasteiger partial charge < -0.3 is 10.6 Å². The summed E-state index contributed by atoms with van der Waals surface area (Å²) in [7, 11) is 0. The number of carbonyl (C=O) groups is 2. The lowest BCUT2D eigenvalue weighted by Crippen LogP contribution is -2.32. The second kappa shape index (κ2) is 7.87. The van der Waals surface area contributed by atoms with Gasteiger partial charge in [-0.15, -0.1) is 0 Å². The highest BCUT2D eigenvalue weighted by molar-refractivity contribution is 6.31. The lowest BCUT2D eigenvalue weighted by atomic mass is 9.85. The summed E-state index contributed by atoms with van der Waals surface area (Å²) in [6, 6.07) is 13.9. The van der Waals surface area contributed by atoms with E-state index in [1.54, 1.807) is 35.0 Å². The van der Waals surface area contributed by atoms with Crippen molar-refractivity contribution in [3.05, 3.63) is 87.2 Å². The van der Waals surface area contributed by atoms with Crippen molar-refractivity contribution in [2.24, 2.45) is 0 Å². The van der Waals surface area contributed by atoms with Crippen LogP contribution in [0.1, 0.15) is 41.2 Å². The number of hydrogen-bond acceptors (Lipinski definition) is 4. The van der Waals surface area contributed by atoms with Crippen LogP contribution in [0.4, 0.5) is 11.5 Å². The van der Waals surface area contributed by atoms with Crippen molar-refractivity contribution < 1.29 is 9.59 Å². The fourth-order valence-electron chi connectivity index (χ4n) is 4.14. The number of fused-ring (bicyclic) bond motifs is 1. The maximum atomic E-state index is 13.0. The summed E-state index contributed by atoms with van der Waals surface area (Å²) >= 11 is 12.2. The van der Waals surface area contributed by atoms with Gasteiger partial charge in [0, 0.05) is 33.4 Å². The molecule has 0 saturated heterocycles. The molecule has 2 N–H and O–H groups in total. The van der Waals surface area contributed by atoms with E-state index in [0.717, 1.165) is 24.1 Å². The Morgan fingerprint density at radius 3 is 2.68 bits per heavy atom. The number of Topliss-reactive ketones (excluding diaryl/α,β-unsaturated/α-hetero) is 1. The standard InChI is InChI=1S/C23H18Cl2N4O2/c24-14-7-9-16(10-8-14)27-23(31)17-12-26-29-21(13-3-1-4-15(25)11-13)20-18(28-22(17)29)5-2-6-19(20)30/h1,3-4,7-12,21,28H,2,5-6H2,(H,27,31)/t21-/m1/s1. The molecule has 1 amide bonds. The van der Waals surface area contributed by atoms with Crippen LogP contribution in [0.25, 0.3) is 0 Å². The largest absolute Gasteiger partial charge is 0.343 e. The molecule has 0 bridgehead atoms. The first kappa shape index (κ1) is 19.8. The number of nitrogens with zero attached hydrogens (tertiary/aromatic N) is 2. The molecule has 0 saturated carbocycles. The van der Waals surface area contributed by atoms with E-state index in [-0.39, 0.29) is 11.7 Å². The Labute approximate surface area is 188 Å². The van der Waals surface area contributed by atoms with E-state index in [9.17, 15) is 9.59 Å². The highest BCUT2D eigenvalue weighted by Crippen LogP contribution is 2.42. The molecule has 1 atom stereocenters. The summed E-state index contributed by atoms with van der Waals surface area (Å²) in [5, 5.41) is 11.8. The topological polar surface area (TPSA) is 76.0 Å². The number of aromatic nitrogens is 2. The van der Waals surface area contributed by atoms with E-state index in [2.05, 4.69) is 15.7 Å². The van der Waals surface area contributed by atoms with Gasteiger partial charge in [0.2, 0.25) is 0 Å². The van der Waals surface area contributed by atoms with Gasteiger partial charge in [0.1, 0.15) is 17.4 Å². The normalized spacial score (nSPS) is 17.6. The minimum absolute atomic E-state index is 0.0899. The van der Waals surface area contributed by atoms with E-state index < -0.39 is 6.04 Å². The van der Waals surface area contributed by atoms with Gasteiger partial charge in [-0.25, -0.2) is 4.68 Å². The van der Waals surface area contributed by atoms with Crippen LogP contribution in [0.15, 0.2) is 66.0 Å². The summed E-state index contributed by atoms with van der Waals surface area (Å²) in [6.07, 6.45) is 3.53. The molecule has 1 aliphatic carbocycles. The fraction of sp³-hybridized carbons (Fsp3) is 0.174.